The maximum absolute atomic E-state index is 4.95. The average Bonchev–Trinajstić information content (AvgIpc) is 3.23. The molecule has 0 unspecified atom stereocenters. The van der Waals surface area contributed by atoms with Crippen molar-refractivity contribution in [3.63, 3.8) is 0 Å². The summed E-state index contributed by atoms with van der Waals surface area (Å²) in [6, 6.07) is 37.7. The van der Waals surface area contributed by atoms with E-state index in [0.717, 1.165) is 22.3 Å². The van der Waals surface area contributed by atoms with Gasteiger partial charge in [0.05, 0.1) is 0 Å². The van der Waals surface area contributed by atoms with Gasteiger partial charge in [0.15, 0.2) is 17.5 Å². The molecule has 4 aromatic carbocycles. The third-order valence-corrected chi connectivity index (χ3v) is 7.63. The minimum atomic E-state index is -0.170. The predicted molar refractivity (Wildman–Crippen MR) is 157 cm³/mol. The highest BCUT2D eigenvalue weighted by atomic mass is 15.0. The van der Waals surface area contributed by atoms with Crippen LogP contribution in [0.5, 0.6) is 0 Å². The van der Waals surface area contributed by atoms with Gasteiger partial charge in [0.1, 0.15) is 0 Å². The molecule has 2 heterocycles. The van der Waals surface area contributed by atoms with Crippen molar-refractivity contribution in [3.8, 4) is 56.4 Å². The zero-order chi connectivity index (χ0) is 26.4. The molecule has 0 spiro atoms. The number of pyridine rings is 1. The molecule has 0 bridgehead atoms. The van der Waals surface area contributed by atoms with Crippen molar-refractivity contribution in [1.29, 1.82) is 0 Å². The van der Waals surface area contributed by atoms with Gasteiger partial charge < -0.3 is 0 Å². The van der Waals surface area contributed by atoms with E-state index in [2.05, 4.69) is 61.3 Å². The molecule has 0 radical (unpaired) electrons. The van der Waals surface area contributed by atoms with E-state index >= 15 is 0 Å². The molecule has 39 heavy (non-hydrogen) atoms. The van der Waals surface area contributed by atoms with Gasteiger partial charge in [-0.15, -0.1) is 0 Å². The van der Waals surface area contributed by atoms with Crippen LogP contribution in [0.4, 0.5) is 0 Å². The summed E-state index contributed by atoms with van der Waals surface area (Å²) >= 11 is 0. The zero-order valence-corrected chi connectivity index (χ0v) is 21.8. The topological polar surface area (TPSA) is 51.6 Å². The molecule has 4 heteroatoms. The molecule has 0 N–H and O–H groups in total. The standard InChI is InChI=1S/C35H26N4/c1-35(2)30-20-25(27-14-9-19-36-22-27)15-17-28(30)29-18-16-26(21-31(29)35)34-38-32(23-10-5-3-6-11-23)37-33(39-34)24-12-7-4-8-13-24/h3-22H,1-2H3. The van der Waals surface area contributed by atoms with Gasteiger partial charge in [-0.05, 0) is 51.6 Å². The van der Waals surface area contributed by atoms with Crippen molar-refractivity contribution < 1.29 is 0 Å². The van der Waals surface area contributed by atoms with Crippen molar-refractivity contribution in [3.05, 3.63) is 133 Å². The number of rotatable bonds is 4. The van der Waals surface area contributed by atoms with Gasteiger partial charge in [-0.2, -0.15) is 0 Å². The predicted octanol–water partition coefficient (Wildman–Crippen LogP) is 8.24. The quantitative estimate of drug-likeness (QED) is 0.244. The lowest BCUT2D eigenvalue weighted by atomic mass is 9.81. The molecule has 1 aliphatic carbocycles. The van der Waals surface area contributed by atoms with Crippen LogP contribution in [0.3, 0.4) is 0 Å². The number of hydrogen-bond donors (Lipinski definition) is 0. The molecule has 0 fully saturated rings. The van der Waals surface area contributed by atoms with Crippen molar-refractivity contribution in [2.75, 3.05) is 0 Å². The first-order valence-electron chi connectivity index (χ1n) is 13.1. The highest BCUT2D eigenvalue weighted by Crippen LogP contribution is 2.50. The molecule has 2 aromatic heterocycles. The van der Waals surface area contributed by atoms with Crippen LogP contribution in [-0.2, 0) is 5.41 Å². The number of fused-ring (bicyclic) bond motifs is 3. The van der Waals surface area contributed by atoms with Crippen molar-refractivity contribution in [2.45, 2.75) is 19.3 Å². The number of aromatic nitrogens is 4. The Labute approximate surface area is 228 Å². The first-order chi connectivity index (χ1) is 19.1. The molecule has 0 aliphatic heterocycles. The Balaban J connectivity index is 1.36. The fourth-order valence-electron chi connectivity index (χ4n) is 5.53. The Morgan fingerprint density at radius 2 is 0.949 bits per heavy atom. The van der Waals surface area contributed by atoms with Gasteiger partial charge in [-0.25, -0.2) is 15.0 Å². The molecule has 0 amide bonds. The van der Waals surface area contributed by atoms with Crippen LogP contribution in [0, 0.1) is 0 Å². The Hall–Kier alpha value is -4.96. The highest BCUT2D eigenvalue weighted by molar-refractivity contribution is 5.85. The van der Waals surface area contributed by atoms with E-state index in [1.807, 2.05) is 79.1 Å². The normalized spacial score (nSPS) is 13.1. The fourth-order valence-corrected chi connectivity index (χ4v) is 5.53. The summed E-state index contributed by atoms with van der Waals surface area (Å²) in [6.07, 6.45) is 3.73. The molecular formula is C35H26N4. The van der Waals surface area contributed by atoms with Crippen LogP contribution in [0.15, 0.2) is 122 Å². The summed E-state index contributed by atoms with van der Waals surface area (Å²) in [4.78, 5) is 19.1. The highest BCUT2D eigenvalue weighted by Gasteiger charge is 2.36. The lowest BCUT2D eigenvalue weighted by Gasteiger charge is -2.22. The lowest BCUT2D eigenvalue weighted by Crippen LogP contribution is -2.15. The van der Waals surface area contributed by atoms with Gasteiger partial charge >= 0.3 is 0 Å². The summed E-state index contributed by atoms with van der Waals surface area (Å²) in [7, 11) is 0. The smallest absolute Gasteiger partial charge is 0.164 e. The Morgan fingerprint density at radius 3 is 1.49 bits per heavy atom. The first kappa shape index (κ1) is 23.2. The van der Waals surface area contributed by atoms with E-state index in [0.29, 0.717) is 17.5 Å². The van der Waals surface area contributed by atoms with Crippen LogP contribution >= 0.6 is 0 Å². The van der Waals surface area contributed by atoms with E-state index in [9.17, 15) is 0 Å². The Bertz CT molecular complexity index is 1750. The van der Waals surface area contributed by atoms with Crippen molar-refractivity contribution >= 4 is 0 Å². The molecule has 0 saturated heterocycles. The van der Waals surface area contributed by atoms with Gasteiger partial charge in [-0.1, -0.05) is 105 Å². The van der Waals surface area contributed by atoms with E-state index < -0.39 is 0 Å². The third kappa shape index (κ3) is 4.02. The largest absolute Gasteiger partial charge is 0.264 e. The van der Waals surface area contributed by atoms with Crippen LogP contribution in [0.2, 0.25) is 0 Å². The minimum Gasteiger partial charge on any atom is -0.264 e. The van der Waals surface area contributed by atoms with Gasteiger partial charge in [0.2, 0.25) is 0 Å². The Kier molecular flexibility index (Phi) is 5.41. The number of nitrogens with zero attached hydrogens (tertiary/aromatic N) is 4. The monoisotopic (exact) mass is 502 g/mol. The van der Waals surface area contributed by atoms with E-state index in [1.54, 1.807) is 0 Å². The summed E-state index contributed by atoms with van der Waals surface area (Å²) in [6.45, 7) is 4.60. The maximum Gasteiger partial charge on any atom is 0.164 e. The van der Waals surface area contributed by atoms with Gasteiger partial charge in [0.25, 0.3) is 0 Å². The fraction of sp³-hybridized carbons (Fsp3) is 0.0857. The molecule has 6 aromatic rings. The molecular weight excluding hydrogens is 476 g/mol. The van der Waals surface area contributed by atoms with Crippen LogP contribution < -0.4 is 0 Å². The van der Waals surface area contributed by atoms with Crippen molar-refractivity contribution in [2.24, 2.45) is 0 Å². The van der Waals surface area contributed by atoms with E-state index in [1.165, 1.54) is 27.8 Å². The van der Waals surface area contributed by atoms with Crippen LogP contribution in [0.1, 0.15) is 25.0 Å². The first-order valence-corrected chi connectivity index (χ1v) is 13.1. The maximum atomic E-state index is 4.95. The van der Waals surface area contributed by atoms with Crippen LogP contribution in [-0.4, -0.2) is 19.9 Å². The molecule has 186 valence electrons. The second-order valence-corrected chi connectivity index (χ2v) is 10.4. The van der Waals surface area contributed by atoms with E-state index in [-0.39, 0.29) is 5.41 Å². The molecule has 4 nitrogen and oxygen atoms in total. The summed E-state index contributed by atoms with van der Waals surface area (Å²) in [5.74, 6) is 2.01. The van der Waals surface area contributed by atoms with Crippen molar-refractivity contribution in [1.82, 2.24) is 19.9 Å². The molecule has 0 saturated carbocycles. The number of hydrogen-bond acceptors (Lipinski definition) is 4. The van der Waals surface area contributed by atoms with E-state index in [4.69, 9.17) is 15.0 Å². The lowest BCUT2D eigenvalue weighted by molar-refractivity contribution is 0.661. The molecule has 0 atom stereocenters. The molecule has 1 aliphatic rings. The SMILES string of the molecule is CC1(C)c2cc(-c3cccnc3)ccc2-c2ccc(-c3nc(-c4ccccc4)nc(-c4ccccc4)n3)cc21. The average molecular weight is 503 g/mol. The second-order valence-electron chi connectivity index (χ2n) is 10.4. The summed E-state index contributed by atoms with van der Waals surface area (Å²) in [5.41, 5.74) is 10.2. The third-order valence-electron chi connectivity index (χ3n) is 7.63. The van der Waals surface area contributed by atoms with Crippen LogP contribution in [0.25, 0.3) is 56.4 Å². The minimum absolute atomic E-state index is 0.170. The van der Waals surface area contributed by atoms with Gasteiger partial charge in [-0.3, -0.25) is 4.98 Å². The van der Waals surface area contributed by atoms with Gasteiger partial charge in [0, 0.05) is 34.5 Å². The zero-order valence-electron chi connectivity index (χ0n) is 21.8. The summed E-state index contributed by atoms with van der Waals surface area (Å²) in [5, 5.41) is 0. The summed E-state index contributed by atoms with van der Waals surface area (Å²) < 4.78 is 0. The molecule has 7 rings (SSSR count). The number of benzene rings is 4. The Morgan fingerprint density at radius 1 is 0.462 bits per heavy atom. The second kappa shape index (κ2) is 9.10.